The molecule has 0 aliphatic rings. The number of fused-ring (bicyclic) bond motifs is 1. The number of aromatic nitrogens is 1. The van der Waals surface area contributed by atoms with E-state index in [-0.39, 0.29) is 6.54 Å². The van der Waals surface area contributed by atoms with Gasteiger partial charge < -0.3 is 19.8 Å². The van der Waals surface area contributed by atoms with Gasteiger partial charge >= 0.3 is 5.97 Å². The highest BCUT2D eigenvalue weighted by Crippen LogP contribution is 2.23. The van der Waals surface area contributed by atoms with Gasteiger partial charge in [-0.3, -0.25) is 0 Å². The van der Waals surface area contributed by atoms with E-state index < -0.39 is 12.0 Å². The molecule has 5 heteroatoms. The molecular weight excluding hydrogens is 304 g/mol. The van der Waals surface area contributed by atoms with Gasteiger partial charge in [0.05, 0.1) is 6.54 Å². The van der Waals surface area contributed by atoms with Crippen molar-refractivity contribution in [1.82, 2.24) is 4.98 Å². The highest BCUT2D eigenvalue weighted by molar-refractivity contribution is 5.85. The Kier molecular flexibility index (Phi) is 4.61. The molecule has 0 radical (unpaired) electrons. The molecule has 5 nitrogen and oxygen atoms in total. The molecule has 2 N–H and O–H groups in total. The average molecular weight is 322 g/mol. The fourth-order valence-electron chi connectivity index (χ4n) is 2.95. The Morgan fingerprint density at radius 3 is 2.54 bits per heavy atom. The lowest BCUT2D eigenvalue weighted by Gasteiger charge is -2.29. The number of rotatable bonds is 7. The van der Waals surface area contributed by atoms with Gasteiger partial charge in [0.1, 0.15) is 12.3 Å². The first-order valence-electron chi connectivity index (χ1n) is 7.74. The van der Waals surface area contributed by atoms with Crippen LogP contribution in [0.25, 0.3) is 10.9 Å². The summed E-state index contributed by atoms with van der Waals surface area (Å²) in [6.45, 7) is 0.0311. The Labute approximate surface area is 139 Å². The molecule has 1 atom stereocenters. The largest absolute Gasteiger partial charge is 0.480 e. The van der Waals surface area contributed by atoms with E-state index >= 15 is 0 Å². The van der Waals surface area contributed by atoms with Crippen LogP contribution in [0, 0.1) is 0 Å². The molecule has 0 aliphatic carbocycles. The van der Waals surface area contributed by atoms with Crippen molar-refractivity contribution in [2.24, 2.45) is 0 Å². The molecule has 0 aliphatic heterocycles. The number of para-hydroxylation sites is 2. The van der Waals surface area contributed by atoms with Gasteiger partial charge in [0.2, 0.25) is 0 Å². The number of carbonyl (C=O) groups is 2. The highest BCUT2D eigenvalue weighted by atomic mass is 16.4. The summed E-state index contributed by atoms with van der Waals surface area (Å²) in [4.78, 5) is 27.8. The van der Waals surface area contributed by atoms with Crippen LogP contribution in [0.15, 0.2) is 60.8 Å². The monoisotopic (exact) mass is 322 g/mol. The predicted octanol–water partition coefficient (Wildman–Crippen LogP) is 2.87. The standard InChI is InChI=1S/C19H18N2O3/c22-11-10-21(15-6-2-1-3-7-15)18(19(23)24)12-14-13-20-17-9-5-4-8-16(14)17/h1-9,11,13,18,20H,10,12H2,(H,23,24). The third-order valence-electron chi connectivity index (χ3n) is 4.11. The summed E-state index contributed by atoms with van der Waals surface area (Å²) in [6, 6.07) is 16.1. The van der Waals surface area contributed by atoms with Crippen molar-refractivity contribution in [3.05, 3.63) is 66.4 Å². The lowest BCUT2D eigenvalue weighted by molar-refractivity contribution is -0.138. The Hall–Kier alpha value is -3.08. The number of nitrogens with one attached hydrogen (secondary N) is 1. The number of carbonyl (C=O) groups excluding carboxylic acids is 1. The van der Waals surface area contributed by atoms with Crippen LogP contribution in [0.5, 0.6) is 0 Å². The SMILES string of the molecule is O=CCN(c1ccccc1)C(Cc1c[nH]c2ccccc12)C(=O)O. The number of anilines is 1. The smallest absolute Gasteiger partial charge is 0.326 e. The van der Waals surface area contributed by atoms with E-state index in [2.05, 4.69) is 4.98 Å². The summed E-state index contributed by atoms with van der Waals surface area (Å²) >= 11 is 0. The second kappa shape index (κ2) is 7.00. The molecule has 2 aromatic carbocycles. The fourth-order valence-corrected chi connectivity index (χ4v) is 2.95. The van der Waals surface area contributed by atoms with Gasteiger partial charge in [0.25, 0.3) is 0 Å². The molecular formula is C19H18N2O3. The summed E-state index contributed by atoms with van der Waals surface area (Å²) in [5.41, 5.74) is 2.61. The summed E-state index contributed by atoms with van der Waals surface area (Å²) < 4.78 is 0. The molecule has 0 saturated heterocycles. The molecule has 0 fully saturated rings. The lowest BCUT2D eigenvalue weighted by Crippen LogP contribution is -2.44. The molecule has 0 bridgehead atoms. The highest BCUT2D eigenvalue weighted by Gasteiger charge is 2.27. The van der Waals surface area contributed by atoms with Gasteiger partial charge in [-0.1, -0.05) is 36.4 Å². The molecule has 0 amide bonds. The number of carboxylic acids is 1. The third kappa shape index (κ3) is 3.15. The lowest BCUT2D eigenvalue weighted by atomic mass is 10.0. The van der Waals surface area contributed by atoms with Crippen LogP contribution in [0.3, 0.4) is 0 Å². The average Bonchev–Trinajstić information content (AvgIpc) is 3.01. The number of nitrogens with zero attached hydrogens (tertiary/aromatic N) is 1. The maximum absolute atomic E-state index is 11.9. The molecule has 1 aromatic heterocycles. The van der Waals surface area contributed by atoms with Gasteiger partial charge in [-0.15, -0.1) is 0 Å². The van der Waals surface area contributed by atoms with Crippen molar-refractivity contribution in [3.63, 3.8) is 0 Å². The topological polar surface area (TPSA) is 73.4 Å². The quantitative estimate of drug-likeness (QED) is 0.656. The van der Waals surface area contributed by atoms with Crippen LogP contribution in [-0.4, -0.2) is 34.9 Å². The van der Waals surface area contributed by atoms with Gasteiger partial charge in [-0.2, -0.15) is 0 Å². The Bertz CT molecular complexity index is 842. The predicted molar refractivity (Wildman–Crippen MR) is 93.3 cm³/mol. The van der Waals surface area contributed by atoms with E-state index in [9.17, 15) is 14.7 Å². The van der Waals surface area contributed by atoms with Crippen LogP contribution < -0.4 is 4.90 Å². The third-order valence-corrected chi connectivity index (χ3v) is 4.11. The summed E-state index contributed by atoms with van der Waals surface area (Å²) in [5, 5.41) is 10.7. The van der Waals surface area contributed by atoms with Crippen molar-refractivity contribution in [2.45, 2.75) is 12.5 Å². The van der Waals surface area contributed by atoms with E-state index in [1.165, 1.54) is 0 Å². The number of hydrogen-bond acceptors (Lipinski definition) is 3. The fraction of sp³-hybridized carbons (Fsp3) is 0.158. The minimum absolute atomic E-state index is 0.0311. The van der Waals surface area contributed by atoms with E-state index in [4.69, 9.17) is 0 Å². The minimum Gasteiger partial charge on any atom is -0.480 e. The zero-order valence-electron chi connectivity index (χ0n) is 13.1. The molecule has 0 spiro atoms. The maximum Gasteiger partial charge on any atom is 0.326 e. The summed E-state index contributed by atoms with van der Waals surface area (Å²) in [7, 11) is 0. The van der Waals surface area contributed by atoms with Crippen molar-refractivity contribution in [2.75, 3.05) is 11.4 Å². The van der Waals surface area contributed by atoms with Crippen LogP contribution in [0.1, 0.15) is 5.56 Å². The van der Waals surface area contributed by atoms with Gasteiger partial charge in [0.15, 0.2) is 0 Å². The number of aliphatic carboxylic acids is 1. The van der Waals surface area contributed by atoms with Crippen molar-refractivity contribution < 1.29 is 14.7 Å². The van der Waals surface area contributed by atoms with E-state index in [1.54, 1.807) is 4.90 Å². The van der Waals surface area contributed by atoms with E-state index in [0.29, 0.717) is 6.42 Å². The molecule has 0 saturated carbocycles. The number of hydrogen-bond donors (Lipinski definition) is 2. The first-order valence-corrected chi connectivity index (χ1v) is 7.74. The van der Waals surface area contributed by atoms with Crippen LogP contribution >= 0.6 is 0 Å². The summed E-state index contributed by atoms with van der Waals surface area (Å²) in [5.74, 6) is -0.953. The second-order valence-electron chi connectivity index (χ2n) is 5.57. The number of carboxylic acid groups (broad SMARTS) is 1. The number of H-pyrrole nitrogens is 1. The Morgan fingerprint density at radius 1 is 1.12 bits per heavy atom. The Morgan fingerprint density at radius 2 is 1.83 bits per heavy atom. The van der Waals surface area contributed by atoms with E-state index in [0.717, 1.165) is 28.4 Å². The zero-order valence-corrected chi connectivity index (χ0v) is 13.1. The van der Waals surface area contributed by atoms with Gasteiger partial charge in [-0.25, -0.2) is 4.79 Å². The van der Waals surface area contributed by atoms with E-state index in [1.807, 2.05) is 60.8 Å². The summed E-state index contributed by atoms with van der Waals surface area (Å²) in [6.07, 6.45) is 2.88. The number of aromatic amines is 1. The Balaban J connectivity index is 1.96. The first-order chi connectivity index (χ1) is 11.7. The molecule has 122 valence electrons. The van der Waals surface area contributed by atoms with Crippen LogP contribution in [0.2, 0.25) is 0 Å². The molecule has 1 heterocycles. The van der Waals surface area contributed by atoms with Crippen LogP contribution in [-0.2, 0) is 16.0 Å². The molecule has 3 aromatic rings. The van der Waals surface area contributed by atoms with Crippen molar-refractivity contribution >= 4 is 28.8 Å². The maximum atomic E-state index is 11.9. The van der Waals surface area contributed by atoms with Crippen molar-refractivity contribution in [1.29, 1.82) is 0 Å². The van der Waals surface area contributed by atoms with Crippen molar-refractivity contribution in [3.8, 4) is 0 Å². The van der Waals surface area contributed by atoms with Gasteiger partial charge in [0, 0.05) is 29.2 Å². The van der Waals surface area contributed by atoms with Gasteiger partial charge in [-0.05, 0) is 23.8 Å². The number of aldehydes is 1. The second-order valence-corrected chi connectivity index (χ2v) is 5.57. The minimum atomic E-state index is -0.953. The van der Waals surface area contributed by atoms with Crippen LogP contribution in [0.4, 0.5) is 5.69 Å². The molecule has 1 unspecified atom stereocenters. The first kappa shape index (κ1) is 15.8. The zero-order chi connectivity index (χ0) is 16.9. The normalized spacial score (nSPS) is 12.0. The number of benzene rings is 2. The molecule has 3 rings (SSSR count). The molecule has 24 heavy (non-hydrogen) atoms.